The Morgan fingerprint density at radius 1 is 1.21 bits per heavy atom. The molecule has 0 radical (unpaired) electrons. The summed E-state index contributed by atoms with van der Waals surface area (Å²) in [6.07, 6.45) is 2.32. The second-order valence-electron chi connectivity index (χ2n) is 5.03. The molecule has 1 atom stereocenters. The summed E-state index contributed by atoms with van der Waals surface area (Å²) < 4.78 is 11.2. The first-order valence-corrected chi connectivity index (χ1v) is 6.89. The van der Waals surface area contributed by atoms with E-state index >= 15 is 0 Å². The molecule has 0 aromatic heterocycles. The number of hydrogen-bond donors (Lipinski definition) is 2. The van der Waals surface area contributed by atoms with Crippen LogP contribution in [0.25, 0.3) is 0 Å². The van der Waals surface area contributed by atoms with E-state index in [4.69, 9.17) is 9.47 Å². The normalized spacial score (nSPS) is 17.8. The van der Waals surface area contributed by atoms with E-state index in [0.29, 0.717) is 19.1 Å². The van der Waals surface area contributed by atoms with E-state index < -0.39 is 0 Å². The highest BCUT2D eigenvalue weighted by Gasteiger charge is 2.44. The standard InChI is InChI=1S/C15H23NO3/c1-3-18-13-6-8-14(9-7-13)19-11-15(10-17,16-2)12-4-5-12/h6-9,12,16-17H,3-5,10-11H2,1-2H3. The molecule has 1 aliphatic carbocycles. The fourth-order valence-corrected chi connectivity index (χ4v) is 2.29. The molecule has 106 valence electrons. The maximum absolute atomic E-state index is 9.62. The van der Waals surface area contributed by atoms with Gasteiger partial charge in [-0.3, -0.25) is 0 Å². The second-order valence-corrected chi connectivity index (χ2v) is 5.03. The number of hydrogen-bond acceptors (Lipinski definition) is 4. The van der Waals surface area contributed by atoms with Gasteiger partial charge >= 0.3 is 0 Å². The molecule has 0 amide bonds. The Morgan fingerprint density at radius 3 is 2.21 bits per heavy atom. The average molecular weight is 265 g/mol. The van der Waals surface area contributed by atoms with Crippen LogP contribution >= 0.6 is 0 Å². The number of rotatable bonds is 8. The number of nitrogens with one attached hydrogen (secondary N) is 1. The molecule has 1 unspecified atom stereocenters. The lowest BCUT2D eigenvalue weighted by molar-refractivity contribution is 0.0914. The van der Waals surface area contributed by atoms with Gasteiger partial charge in [0.2, 0.25) is 0 Å². The Hall–Kier alpha value is -1.26. The minimum absolute atomic E-state index is 0.102. The van der Waals surface area contributed by atoms with Crippen LogP contribution in [0.2, 0.25) is 0 Å². The van der Waals surface area contributed by atoms with Gasteiger partial charge in [0.15, 0.2) is 0 Å². The number of aliphatic hydroxyl groups excluding tert-OH is 1. The lowest BCUT2D eigenvalue weighted by Crippen LogP contribution is -2.53. The molecular formula is C15H23NO3. The van der Waals surface area contributed by atoms with Gasteiger partial charge in [0.1, 0.15) is 18.1 Å². The Labute approximate surface area is 114 Å². The van der Waals surface area contributed by atoms with Gasteiger partial charge in [-0.15, -0.1) is 0 Å². The van der Waals surface area contributed by atoms with Crippen molar-refractivity contribution in [3.8, 4) is 11.5 Å². The van der Waals surface area contributed by atoms with Crippen molar-refractivity contribution in [1.29, 1.82) is 0 Å². The molecule has 0 heterocycles. The van der Waals surface area contributed by atoms with E-state index in [-0.39, 0.29) is 12.1 Å². The van der Waals surface area contributed by atoms with Gasteiger partial charge in [-0.05, 0) is 57.0 Å². The van der Waals surface area contributed by atoms with Gasteiger partial charge in [0, 0.05) is 0 Å². The fourth-order valence-electron chi connectivity index (χ4n) is 2.29. The van der Waals surface area contributed by atoms with Crippen molar-refractivity contribution in [3.05, 3.63) is 24.3 Å². The first kappa shape index (κ1) is 14.2. The van der Waals surface area contributed by atoms with Crippen LogP contribution in [0.5, 0.6) is 11.5 Å². The number of ether oxygens (including phenoxy) is 2. The third-order valence-corrected chi connectivity index (χ3v) is 3.77. The molecule has 1 saturated carbocycles. The van der Waals surface area contributed by atoms with Crippen molar-refractivity contribution in [2.45, 2.75) is 25.3 Å². The van der Waals surface area contributed by atoms with E-state index in [1.807, 2.05) is 38.2 Å². The summed E-state index contributed by atoms with van der Waals surface area (Å²) in [5.74, 6) is 2.17. The molecule has 0 bridgehead atoms. The summed E-state index contributed by atoms with van der Waals surface area (Å²) in [4.78, 5) is 0. The van der Waals surface area contributed by atoms with Crippen LogP contribution in [0.1, 0.15) is 19.8 Å². The number of benzene rings is 1. The minimum Gasteiger partial charge on any atom is -0.494 e. The van der Waals surface area contributed by atoms with E-state index in [2.05, 4.69) is 5.32 Å². The molecule has 19 heavy (non-hydrogen) atoms. The van der Waals surface area contributed by atoms with Gasteiger partial charge in [-0.2, -0.15) is 0 Å². The van der Waals surface area contributed by atoms with Crippen molar-refractivity contribution >= 4 is 0 Å². The summed E-state index contributed by atoms with van der Waals surface area (Å²) in [5, 5.41) is 12.8. The van der Waals surface area contributed by atoms with Crippen LogP contribution in [0, 0.1) is 5.92 Å². The Morgan fingerprint density at radius 2 is 1.79 bits per heavy atom. The highest BCUT2D eigenvalue weighted by molar-refractivity contribution is 5.31. The predicted octanol–water partition coefficient (Wildman–Crippen LogP) is 1.82. The van der Waals surface area contributed by atoms with Crippen LogP contribution < -0.4 is 14.8 Å². The highest BCUT2D eigenvalue weighted by atomic mass is 16.5. The van der Waals surface area contributed by atoms with Gasteiger partial charge < -0.3 is 19.9 Å². The first-order chi connectivity index (χ1) is 9.24. The maximum Gasteiger partial charge on any atom is 0.119 e. The Bertz CT molecular complexity index is 383. The molecule has 4 nitrogen and oxygen atoms in total. The summed E-state index contributed by atoms with van der Waals surface area (Å²) in [6.45, 7) is 3.21. The van der Waals surface area contributed by atoms with E-state index in [0.717, 1.165) is 24.3 Å². The van der Waals surface area contributed by atoms with Gasteiger partial charge in [0.25, 0.3) is 0 Å². The Balaban J connectivity index is 1.93. The fraction of sp³-hybridized carbons (Fsp3) is 0.600. The molecule has 0 spiro atoms. The highest BCUT2D eigenvalue weighted by Crippen LogP contribution is 2.39. The summed E-state index contributed by atoms with van der Waals surface area (Å²) >= 11 is 0. The van der Waals surface area contributed by atoms with E-state index in [9.17, 15) is 5.11 Å². The maximum atomic E-state index is 9.62. The van der Waals surface area contributed by atoms with Gasteiger partial charge in [-0.1, -0.05) is 0 Å². The average Bonchev–Trinajstić information content (AvgIpc) is 3.28. The molecule has 0 saturated heterocycles. The van der Waals surface area contributed by atoms with E-state index in [1.165, 1.54) is 0 Å². The smallest absolute Gasteiger partial charge is 0.119 e. The lowest BCUT2D eigenvalue weighted by atomic mass is 9.95. The third kappa shape index (κ3) is 3.39. The topological polar surface area (TPSA) is 50.7 Å². The third-order valence-electron chi connectivity index (χ3n) is 3.77. The molecule has 2 rings (SSSR count). The zero-order valence-electron chi connectivity index (χ0n) is 11.7. The Kier molecular flexibility index (Phi) is 4.66. The minimum atomic E-state index is -0.307. The SMILES string of the molecule is CCOc1ccc(OCC(CO)(NC)C2CC2)cc1. The van der Waals surface area contributed by atoms with Crippen LogP contribution in [-0.4, -0.2) is 37.5 Å². The summed E-state index contributed by atoms with van der Waals surface area (Å²) in [7, 11) is 1.89. The zero-order valence-corrected chi connectivity index (χ0v) is 11.7. The first-order valence-electron chi connectivity index (χ1n) is 6.89. The van der Waals surface area contributed by atoms with Crippen molar-refractivity contribution in [3.63, 3.8) is 0 Å². The van der Waals surface area contributed by atoms with Crippen LogP contribution in [-0.2, 0) is 0 Å². The zero-order chi connectivity index (χ0) is 13.7. The van der Waals surface area contributed by atoms with Crippen molar-refractivity contribution < 1.29 is 14.6 Å². The lowest BCUT2D eigenvalue weighted by Gasteiger charge is -2.31. The quantitative estimate of drug-likeness (QED) is 0.753. The van der Waals surface area contributed by atoms with Crippen LogP contribution in [0.15, 0.2) is 24.3 Å². The number of aliphatic hydroxyl groups is 1. The van der Waals surface area contributed by atoms with Crippen molar-refractivity contribution in [2.24, 2.45) is 5.92 Å². The molecule has 0 aliphatic heterocycles. The second kappa shape index (κ2) is 6.26. The molecule has 4 heteroatoms. The largest absolute Gasteiger partial charge is 0.494 e. The molecule has 2 N–H and O–H groups in total. The monoisotopic (exact) mass is 265 g/mol. The molecule has 1 aromatic rings. The molecule has 1 aromatic carbocycles. The molecule has 1 aliphatic rings. The van der Waals surface area contributed by atoms with E-state index in [1.54, 1.807) is 0 Å². The molecular weight excluding hydrogens is 242 g/mol. The van der Waals surface area contributed by atoms with Gasteiger partial charge in [-0.25, -0.2) is 0 Å². The van der Waals surface area contributed by atoms with Crippen LogP contribution in [0.4, 0.5) is 0 Å². The predicted molar refractivity (Wildman–Crippen MR) is 74.7 cm³/mol. The number of likely N-dealkylation sites (N-methyl/N-ethyl adjacent to an activating group) is 1. The van der Waals surface area contributed by atoms with Crippen molar-refractivity contribution in [2.75, 3.05) is 26.9 Å². The van der Waals surface area contributed by atoms with Gasteiger partial charge in [0.05, 0.1) is 18.8 Å². The summed E-state index contributed by atoms with van der Waals surface area (Å²) in [6, 6.07) is 7.59. The summed E-state index contributed by atoms with van der Waals surface area (Å²) in [5.41, 5.74) is -0.307. The molecule has 1 fully saturated rings. The van der Waals surface area contributed by atoms with Crippen molar-refractivity contribution in [1.82, 2.24) is 5.32 Å². The van der Waals surface area contributed by atoms with Crippen LogP contribution in [0.3, 0.4) is 0 Å².